The van der Waals surface area contributed by atoms with Gasteiger partial charge in [-0.25, -0.2) is 4.39 Å². The highest BCUT2D eigenvalue weighted by molar-refractivity contribution is 5.91. The highest BCUT2D eigenvalue weighted by Crippen LogP contribution is 2.30. The highest BCUT2D eigenvalue weighted by Gasteiger charge is 2.34. The molecule has 1 aliphatic rings. The molecule has 18 heavy (non-hydrogen) atoms. The topological polar surface area (TPSA) is 49.3 Å². The molecule has 0 unspecified atom stereocenters. The standard InChI is InChI=1S/C14H16FNO2/c15-12-5-2-11(3-6-12)4-7-13(17)16-10-14(18)8-1-9-14/h2-7,18H,1,8-10H2,(H,16,17)/b7-4+. The van der Waals surface area contributed by atoms with Crippen LogP contribution in [0.3, 0.4) is 0 Å². The third-order valence-electron chi connectivity index (χ3n) is 3.17. The van der Waals surface area contributed by atoms with Gasteiger partial charge in [-0.2, -0.15) is 0 Å². The Morgan fingerprint density at radius 2 is 2.06 bits per heavy atom. The van der Waals surface area contributed by atoms with Crippen LogP contribution in [0.5, 0.6) is 0 Å². The van der Waals surface area contributed by atoms with Gasteiger partial charge < -0.3 is 10.4 Å². The van der Waals surface area contributed by atoms with E-state index in [2.05, 4.69) is 5.32 Å². The van der Waals surface area contributed by atoms with Crippen LogP contribution >= 0.6 is 0 Å². The summed E-state index contributed by atoms with van der Waals surface area (Å²) in [5, 5.41) is 12.5. The molecule has 1 aromatic rings. The van der Waals surface area contributed by atoms with Crippen LogP contribution in [-0.2, 0) is 4.79 Å². The number of carbonyl (C=O) groups excluding carboxylic acids is 1. The van der Waals surface area contributed by atoms with E-state index >= 15 is 0 Å². The van der Waals surface area contributed by atoms with Gasteiger partial charge in [-0.3, -0.25) is 4.79 Å². The minimum atomic E-state index is -0.709. The molecule has 1 saturated carbocycles. The first-order valence-corrected chi connectivity index (χ1v) is 6.01. The average molecular weight is 249 g/mol. The smallest absolute Gasteiger partial charge is 0.244 e. The lowest BCUT2D eigenvalue weighted by Crippen LogP contribution is -2.47. The fourth-order valence-corrected chi connectivity index (χ4v) is 1.82. The molecule has 4 heteroatoms. The number of halogens is 1. The molecule has 0 atom stereocenters. The van der Waals surface area contributed by atoms with Crippen LogP contribution in [0.4, 0.5) is 4.39 Å². The zero-order valence-electron chi connectivity index (χ0n) is 10.0. The van der Waals surface area contributed by atoms with E-state index in [-0.39, 0.29) is 11.7 Å². The largest absolute Gasteiger partial charge is 0.388 e. The number of hydrogen-bond acceptors (Lipinski definition) is 2. The van der Waals surface area contributed by atoms with Crippen molar-refractivity contribution in [2.24, 2.45) is 0 Å². The Morgan fingerprint density at radius 1 is 1.39 bits per heavy atom. The molecule has 1 fully saturated rings. The first-order chi connectivity index (χ1) is 8.57. The molecule has 0 aromatic heterocycles. The van der Waals surface area contributed by atoms with Gasteiger partial charge in [-0.05, 0) is 43.0 Å². The molecule has 0 bridgehead atoms. The normalized spacial score (nSPS) is 17.4. The Morgan fingerprint density at radius 3 is 2.61 bits per heavy atom. The summed E-state index contributed by atoms with van der Waals surface area (Å²) < 4.78 is 12.7. The van der Waals surface area contributed by atoms with Crippen LogP contribution in [0.2, 0.25) is 0 Å². The van der Waals surface area contributed by atoms with Gasteiger partial charge in [0.1, 0.15) is 5.82 Å². The summed E-state index contributed by atoms with van der Waals surface area (Å²) in [6.07, 6.45) is 5.50. The zero-order valence-corrected chi connectivity index (χ0v) is 10.0. The average Bonchev–Trinajstić information content (AvgIpc) is 2.33. The van der Waals surface area contributed by atoms with Gasteiger partial charge in [-0.15, -0.1) is 0 Å². The summed E-state index contributed by atoms with van der Waals surface area (Å²) >= 11 is 0. The fraction of sp³-hybridized carbons (Fsp3) is 0.357. The van der Waals surface area contributed by atoms with Crippen LogP contribution in [-0.4, -0.2) is 23.2 Å². The molecule has 0 radical (unpaired) electrons. The number of benzene rings is 1. The minimum absolute atomic E-state index is 0.250. The number of amides is 1. The number of nitrogens with one attached hydrogen (secondary N) is 1. The van der Waals surface area contributed by atoms with Crippen LogP contribution in [0, 0.1) is 5.82 Å². The molecular formula is C14H16FNO2. The molecule has 0 heterocycles. The van der Waals surface area contributed by atoms with E-state index in [4.69, 9.17) is 0 Å². The van der Waals surface area contributed by atoms with Crippen LogP contribution in [0.25, 0.3) is 6.08 Å². The molecule has 1 aromatic carbocycles. The molecule has 96 valence electrons. The van der Waals surface area contributed by atoms with E-state index in [9.17, 15) is 14.3 Å². The summed E-state index contributed by atoms with van der Waals surface area (Å²) in [6.45, 7) is 0.291. The van der Waals surface area contributed by atoms with E-state index in [1.54, 1.807) is 18.2 Å². The number of hydrogen-bond donors (Lipinski definition) is 2. The van der Waals surface area contributed by atoms with Gasteiger partial charge in [0.15, 0.2) is 0 Å². The monoisotopic (exact) mass is 249 g/mol. The fourth-order valence-electron chi connectivity index (χ4n) is 1.82. The summed E-state index contributed by atoms with van der Waals surface area (Å²) in [4.78, 5) is 11.5. The molecule has 1 aliphatic carbocycles. The second-order valence-corrected chi connectivity index (χ2v) is 4.68. The third kappa shape index (κ3) is 3.40. The Labute approximate surface area is 105 Å². The summed E-state index contributed by atoms with van der Waals surface area (Å²) in [7, 11) is 0. The van der Waals surface area contributed by atoms with Crippen molar-refractivity contribution in [3.8, 4) is 0 Å². The summed E-state index contributed by atoms with van der Waals surface area (Å²) in [5.74, 6) is -0.552. The Kier molecular flexibility index (Phi) is 3.77. The van der Waals surface area contributed by atoms with Gasteiger partial charge in [0.25, 0.3) is 0 Å². The van der Waals surface area contributed by atoms with E-state index in [1.807, 2.05) is 0 Å². The molecular weight excluding hydrogens is 233 g/mol. The maximum Gasteiger partial charge on any atom is 0.244 e. The van der Waals surface area contributed by atoms with E-state index < -0.39 is 5.60 Å². The van der Waals surface area contributed by atoms with Crippen molar-refractivity contribution in [1.82, 2.24) is 5.32 Å². The predicted octanol–water partition coefficient (Wildman–Crippen LogP) is 1.87. The SMILES string of the molecule is O=C(/C=C/c1ccc(F)cc1)NCC1(O)CCC1. The van der Waals surface area contributed by atoms with Gasteiger partial charge >= 0.3 is 0 Å². The molecule has 3 nitrogen and oxygen atoms in total. The number of rotatable bonds is 4. The van der Waals surface area contributed by atoms with Crippen molar-refractivity contribution < 1.29 is 14.3 Å². The maximum atomic E-state index is 12.7. The van der Waals surface area contributed by atoms with Gasteiger partial charge in [0.05, 0.1) is 5.60 Å². The maximum absolute atomic E-state index is 12.7. The second-order valence-electron chi connectivity index (χ2n) is 4.68. The molecule has 2 N–H and O–H groups in total. The Balaban J connectivity index is 1.81. The summed E-state index contributed by atoms with van der Waals surface area (Å²) in [5.41, 5.74) is 0.0493. The first kappa shape index (κ1) is 12.8. The van der Waals surface area contributed by atoms with Crippen molar-refractivity contribution in [2.75, 3.05) is 6.54 Å². The van der Waals surface area contributed by atoms with Crippen LogP contribution in [0.15, 0.2) is 30.3 Å². The third-order valence-corrected chi connectivity index (χ3v) is 3.17. The van der Waals surface area contributed by atoms with E-state index in [1.165, 1.54) is 18.2 Å². The Bertz CT molecular complexity index is 449. The molecule has 1 amide bonds. The van der Waals surface area contributed by atoms with Crippen molar-refractivity contribution in [1.29, 1.82) is 0 Å². The molecule has 2 rings (SSSR count). The quantitative estimate of drug-likeness (QED) is 0.800. The lowest BCUT2D eigenvalue weighted by Gasteiger charge is -2.36. The second kappa shape index (κ2) is 5.31. The van der Waals surface area contributed by atoms with Crippen molar-refractivity contribution >= 4 is 12.0 Å². The Hall–Kier alpha value is -1.68. The zero-order chi connectivity index (χ0) is 13.0. The molecule has 0 saturated heterocycles. The minimum Gasteiger partial charge on any atom is -0.388 e. The number of carbonyl (C=O) groups is 1. The number of aliphatic hydroxyl groups is 1. The first-order valence-electron chi connectivity index (χ1n) is 6.01. The van der Waals surface area contributed by atoms with E-state index in [0.717, 1.165) is 24.8 Å². The van der Waals surface area contributed by atoms with Crippen molar-refractivity contribution in [2.45, 2.75) is 24.9 Å². The lowest BCUT2D eigenvalue weighted by molar-refractivity contribution is -0.118. The van der Waals surface area contributed by atoms with Crippen LogP contribution < -0.4 is 5.32 Å². The molecule has 0 aliphatic heterocycles. The van der Waals surface area contributed by atoms with Crippen molar-refractivity contribution in [3.05, 3.63) is 41.7 Å². The highest BCUT2D eigenvalue weighted by atomic mass is 19.1. The lowest BCUT2D eigenvalue weighted by atomic mass is 9.80. The molecule has 0 spiro atoms. The van der Waals surface area contributed by atoms with Crippen LogP contribution in [0.1, 0.15) is 24.8 Å². The van der Waals surface area contributed by atoms with Gasteiger partial charge in [0.2, 0.25) is 5.91 Å². The van der Waals surface area contributed by atoms with Gasteiger partial charge in [0, 0.05) is 12.6 Å². The van der Waals surface area contributed by atoms with Crippen molar-refractivity contribution in [3.63, 3.8) is 0 Å². The predicted molar refractivity (Wildman–Crippen MR) is 67.2 cm³/mol. The summed E-state index contributed by atoms with van der Waals surface area (Å²) in [6, 6.07) is 5.88. The van der Waals surface area contributed by atoms with Gasteiger partial charge in [-0.1, -0.05) is 12.1 Å². The van der Waals surface area contributed by atoms with E-state index in [0.29, 0.717) is 6.54 Å².